The summed E-state index contributed by atoms with van der Waals surface area (Å²) in [4.78, 5) is 17.1. The summed E-state index contributed by atoms with van der Waals surface area (Å²) >= 11 is 1.47. The normalized spacial score (nSPS) is 12.0. The highest BCUT2D eigenvalue weighted by Gasteiger charge is 2.12. The topological polar surface area (TPSA) is 61.4 Å². The predicted molar refractivity (Wildman–Crippen MR) is 85.1 cm³/mol. The largest absolute Gasteiger partial charge is 0.495 e. The second-order valence-corrected chi connectivity index (χ2v) is 5.74. The molecule has 0 aliphatic heterocycles. The van der Waals surface area contributed by atoms with E-state index in [1.54, 1.807) is 31.1 Å². The maximum absolute atomic E-state index is 12.2. The van der Waals surface area contributed by atoms with Crippen molar-refractivity contribution in [2.24, 2.45) is 12.0 Å². The Balaban J connectivity index is 2.18. The molecule has 3 aromatic rings. The van der Waals surface area contributed by atoms with Gasteiger partial charge >= 0.3 is 0 Å². The number of methoxy groups -OCH3 is 1. The molecule has 1 amide bonds. The number of carbonyl (C=O) groups is 1. The molecule has 0 atom stereocenters. The van der Waals surface area contributed by atoms with Crippen molar-refractivity contribution < 1.29 is 9.53 Å². The highest BCUT2D eigenvalue weighted by Crippen LogP contribution is 2.27. The predicted octanol–water partition coefficient (Wildman–Crippen LogP) is 2.21. The molecule has 0 bridgehead atoms. The van der Waals surface area contributed by atoms with Crippen LogP contribution in [0.3, 0.4) is 0 Å². The molecular weight excluding hydrogens is 300 g/mol. The van der Waals surface area contributed by atoms with Crippen molar-refractivity contribution >= 4 is 27.5 Å². The lowest BCUT2D eigenvalue weighted by molar-refractivity contribution is 0.0992. The number of hydrogen-bond donors (Lipinski definition) is 0. The van der Waals surface area contributed by atoms with Gasteiger partial charge in [-0.25, -0.2) is 0 Å². The molecule has 0 saturated heterocycles. The van der Waals surface area contributed by atoms with E-state index < -0.39 is 0 Å². The van der Waals surface area contributed by atoms with Gasteiger partial charge in [-0.15, -0.1) is 0 Å². The molecule has 0 fully saturated rings. The third kappa shape index (κ3) is 2.43. The average Bonchev–Trinajstić information content (AvgIpc) is 3.09. The molecule has 6 nitrogen and oxygen atoms in total. The lowest BCUT2D eigenvalue weighted by Gasteiger charge is -2.05. The number of rotatable bonds is 3. The Hall–Kier alpha value is -2.41. The van der Waals surface area contributed by atoms with E-state index >= 15 is 0 Å². The number of hydrogen-bond acceptors (Lipinski definition) is 4. The maximum Gasteiger partial charge on any atom is 0.300 e. The van der Waals surface area contributed by atoms with E-state index in [9.17, 15) is 4.79 Å². The van der Waals surface area contributed by atoms with Crippen molar-refractivity contribution in [3.63, 3.8) is 0 Å². The highest BCUT2D eigenvalue weighted by atomic mass is 32.1. The quantitative estimate of drug-likeness (QED) is 0.744. The number of ether oxygens (including phenoxy) is 1. The van der Waals surface area contributed by atoms with Crippen LogP contribution in [0, 0.1) is 0 Å². The summed E-state index contributed by atoms with van der Waals surface area (Å²) in [6.45, 7) is 2.72. The summed E-state index contributed by atoms with van der Waals surface area (Å²) in [5, 5.41) is 4.09. The first kappa shape index (κ1) is 14.5. The molecule has 22 heavy (non-hydrogen) atoms. The van der Waals surface area contributed by atoms with Gasteiger partial charge in [-0.1, -0.05) is 17.4 Å². The number of amides is 1. The Labute approximate surface area is 131 Å². The summed E-state index contributed by atoms with van der Waals surface area (Å²) in [5.74, 6) is 0.440. The number of thiazole rings is 1. The van der Waals surface area contributed by atoms with E-state index in [1.807, 2.05) is 29.7 Å². The van der Waals surface area contributed by atoms with E-state index in [4.69, 9.17) is 4.74 Å². The molecule has 0 unspecified atom stereocenters. The number of aryl methyl sites for hydroxylation is 2. The van der Waals surface area contributed by atoms with E-state index in [2.05, 4.69) is 10.1 Å². The Morgan fingerprint density at radius 2 is 2.23 bits per heavy atom. The molecule has 0 spiro atoms. The van der Waals surface area contributed by atoms with Crippen molar-refractivity contribution in [1.29, 1.82) is 0 Å². The van der Waals surface area contributed by atoms with Crippen LogP contribution >= 0.6 is 11.3 Å². The summed E-state index contributed by atoms with van der Waals surface area (Å²) in [7, 11) is 3.41. The summed E-state index contributed by atoms with van der Waals surface area (Å²) < 4.78 is 10.0. The molecule has 0 N–H and O–H groups in total. The van der Waals surface area contributed by atoms with E-state index in [0.717, 1.165) is 16.0 Å². The molecule has 3 rings (SSSR count). The lowest BCUT2D eigenvalue weighted by Crippen LogP contribution is -2.16. The van der Waals surface area contributed by atoms with Crippen molar-refractivity contribution in [3.05, 3.63) is 41.0 Å². The van der Waals surface area contributed by atoms with Crippen LogP contribution in [0.5, 0.6) is 5.75 Å². The SMILES string of the molecule is CCn1c(=NC(=O)c2ccn(C)n2)sc2cccc(OC)c21. The Bertz CT molecular complexity index is 904. The molecule has 114 valence electrons. The summed E-state index contributed by atoms with van der Waals surface area (Å²) in [6.07, 6.45) is 1.73. The Morgan fingerprint density at radius 1 is 1.41 bits per heavy atom. The smallest absolute Gasteiger partial charge is 0.300 e. The van der Waals surface area contributed by atoms with Gasteiger partial charge in [0.05, 0.1) is 11.8 Å². The van der Waals surface area contributed by atoms with Crippen LogP contribution in [0.2, 0.25) is 0 Å². The molecule has 1 aromatic carbocycles. The summed E-state index contributed by atoms with van der Waals surface area (Å²) in [6, 6.07) is 7.50. The molecule has 2 heterocycles. The first-order valence-electron chi connectivity index (χ1n) is 6.89. The van der Waals surface area contributed by atoms with Gasteiger partial charge in [0.2, 0.25) is 0 Å². The van der Waals surface area contributed by atoms with Crippen molar-refractivity contribution in [1.82, 2.24) is 14.3 Å². The third-order valence-corrected chi connectivity index (χ3v) is 4.37. The second kappa shape index (κ2) is 5.76. The van der Waals surface area contributed by atoms with Gasteiger partial charge in [-0.05, 0) is 25.1 Å². The maximum atomic E-state index is 12.2. The van der Waals surface area contributed by atoms with Crippen LogP contribution < -0.4 is 9.54 Å². The molecule has 0 radical (unpaired) electrons. The fraction of sp³-hybridized carbons (Fsp3) is 0.267. The van der Waals surface area contributed by atoms with Crippen LogP contribution in [0.4, 0.5) is 0 Å². The number of para-hydroxylation sites is 1. The third-order valence-electron chi connectivity index (χ3n) is 3.33. The van der Waals surface area contributed by atoms with Gasteiger partial charge in [0.15, 0.2) is 10.5 Å². The van der Waals surface area contributed by atoms with E-state index in [0.29, 0.717) is 17.0 Å². The number of benzene rings is 1. The minimum Gasteiger partial charge on any atom is -0.495 e. The highest BCUT2D eigenvalue weighted by molar-refractivity contribution is 7.16. The van der Waals surface area contributed by atoms with Gasteiger partial charge in [0.25, 0.3) is 5.91 Å². The fourth-order valence-corrected chi connectivity index (χ4v) is 3.42. The molecule has 2 aromatic heterocycles. The van der Waals surface area contributed by atoms with E-state index in [-0.39, 0.29) is 5.91 Å². The Morgan fingerprint density at radius 3 is 2.86 bits per heavy atom. The van der Waals surface area contributed by atoms with Gasteiger partial charge < -0.3 is 9.30 Å². The molecule has 0 aliphatic carbocycles. The minimum atomic E-state index is -0.340. The lowest BCUT2D eigenvalue weighted by atomic mass is 10.3. The molecule has 7 heteroatoms. The van der Waals surface area contributed by atoms with Crippen LogP contribution in [-0.2, 0) is 13.6 Å². The van der Waals surface area contributed by atoms with Crippen LogP contribution in [-0.4, -0.2) is 27.4 Å². The zero-order valence-corrected chi connectivity index (χ0v) is 13.4. The first-order valence-corrected chi connectivity index (χ1v) is 7.70. The van der Waals surface area contributed by atoms with Gasteiger partial charge in [-0.3, -0.25) is 9.48 Å². The van der Waals surface area contributed by atoms with Crippen molar-refractivity contribution in [3.8, 4) is 5.75 Å². The number of nitrogens with zero attached hydrogens (tertiary/aromatic N) is 4. The minimum absolute atomic E-state index is 0.340. The average molecular weight is 316 g/mol. The number of carbonyl (C=O) groups excluding carboxylic acids is 1. The van der Waals surface area contributed by atoms with Crippen LogP contribution in [0.1, 0.15) is 17.4 Å². The van der Waals surface area contributed by atoms with Crippen LogP contribution in [0.25, 0.3) is 10.2 Å². The van der Waals surface area contributed by atoms with Crippen molar-refractivity contribution in [2.75, 3.05) is 7.11 Å². The van der Waals surface area contributed by atoms with E-state index in [1.165, 1.54) is 11.3 Å². The standard InChI is InChI=1S/C15H16N4O2S/c1-4-19-13-11(21-3)6-5-7-12(13)22-15(19)16-14(20)10-8-9-18(2)17-10/h5-9H,4H2,1-3H3. The summed E-state index contributed by atoms with van der Waals surface area (Å²) in [5.41, 5.74) is 1.31. The van der Waals surface area contributed by atoms with Crippen LogP contribution in [0.15, 0.2) is 35.5 Å². The second-order valence-electron chi connectivity index (χ2n) is 4.73. The molecule has 0 saturated carbocycles. The number of aromatic nitrogens is 3. The number of fused-ring (bicyclic) bond motifs is 1. The zero-order chi connectivity index (χ0) is 15.7. The first-order chi connectivity index (χ1) is 10.6. The zero-order valence-electron chi connectivity index (χ0n) is 12.6. The fourth-order valence-electron chi connectivity index (χ4n) is 2.31. The molecular formula is C15H16N4O2S. The van der Waals surface area contributed by atoms with Gasteiger partial charge in [0.1, 0.15) is 11.3 Å². The van der Waals surface area contributed by atoms with Crippen molar-refractivity contribution in [2.45, 2.75) is 13.5 Å². The Kier molecular flexibility index (Phi) is 3.81. The molecule has 0 aliphatic rings. The van der Waals surface area contributed by atoms with Gasteiger partial charge in [-0.2, -0.15) is 10.1 Å². The monoisotopic (exact) mass is 316 g/mol. The van der Waals surface area contributed by atoms with Gasteiger partial charge in [0, 0.05) is 19.8 Å².